The van der Waals surface area contributed by atoms with Gasteiger partial charge < -0.3 is 24.4 Å². The normalized spacial score (nSPS) is 17.1. The van der Waals surface area contributed by atoms with Gasteiger partial charge in [0.15, 0.2) is 0 Å². The van der Waals surface area contributed by atoms with Crippen LogP contribution in [0.1, 0.15) is 48.3 Å². The Hall–Kier alpha value is -3.67. The fraction of sp³-hybridized carbons (Fsp3) is 0.387. The Kier molecular flexibility index (Phi) is 8.94. The van der Waals surface area contributed by atoms with Gasteiger partial charge in [-0.15, -0.1) is 0 Å². The number of amides is 2. The van der Waals surface area contributed by atoms with Crippen LogP contribution < -0.4 is 19.5 Å². The number of aryl methyl sites for hydroxylation is 1. The molecule has 0 atom stereocenters. The number of rotatable bonds is 9. The van der Waals surface area contributed by atoms with Crippen LogP contribution in [-0.2, 0) is 6.42 Å². The average Bonchev–Trinajstić information content (AvgIpc) is 2.95. The Morgan fingerprint density at radius 3 is 2.08 bits per heavy atom. The summed E-state index contributed by atoms with van der Waals surface area (Å²) in [5, 5.41) is 3.10. The average molecular weight is 503 g/mol. The quantitative estimate of drug-likeness (QED) is 0.349. The van der Waals surface area contributed by atoms with E-state index in [2.05, 4.69) is 66.8 Å². The Morgan fingerprint density at radius 1 is 0.865 bits per heavy atom. The minimum absolute atomic E-state index is 0.140. The second-order valence-electron chi connectivity index (χ2n) is 9.62. The second kappa shape index (κ2) is 12.5. The van der Waals surface area contributed by atoms with Crippen LogP contribution in [0.5, 0.6) is 17.2 Å². The van der Waals surface area contributed by atoms with E-state index in [0.717, 1.165) is 32.1 Å². The van der Waals surface area contributed by atoms with Crippen LogP contribution in [-0.4, -0.2) is 44.8 Å². The van der Waals surface area contributed by atoms with Crippen LogP contribution in [0.4, 0.5) is 10.5 Å². The lowest BCUT2D eigenvalue weighted by atomic mass is 9.81. The number of ether oxygens (including phenoxy) is 3. The minimum Gasteiger partial charge on any atom is -0.496 e. The zero-order chi connectivity index (χ0) is 26.2. The first kappa shape index (κ1) is 26.4. The number of hydrogen-bond acceptors (Lipinski definition) is 4. The van der Waals surface area contributed by atoms with Crippen LogP contribution in [0, 0.1) is 6.92 Å². The van der Waals surface area contributed by atoms with Crippen molar-refractivity contribution in [3.05, 3.63) is 83.4 Å². The first-order chi connectivity index (χ1) is 18.0. The summed E-state index contributed by atoms with van der Waals surface area (Å²) in [6.45, 7) is 2.76. The van der Waals surface area contributed by atoms with Crippen molar-refractivity contribution in [2.24, 2.45) is 0 Å². The Balaban J connectivity index is 1.55. The zero-order valence-electron chi connectivity index (χ0n) is 22.3. The highest BCUT2D eigenvalue weighted by molar-refractivity contribution is 5.93. The standard InChI is InChI=1S/C31H38N2O4/c1-22-10-8-9-11-23(22)18-19-33(26-16-14-25(15-17-26)24-12-6-5-7-13-24)31(34)32-30-28(36-3)20-27(35-2)21-29(30)37-4/h5-13,20-21,25-26H,14-19H2,1-4H3,(H,32,34)/t25-,26-. The van der Waals surface area contributed by atoms with E-state index in [9.17, 15) is 4.79 Å². The third-order valence-electron chi connectivity index (χ3n) is 7.50. The van der Waals surface area contributed by atoms with Crippen molar-refractivity contribution in [2.45, 2.75) is 51.0 Å². The monoisotopic (exact) mass is 502 g/mol. The van der Waals surface area contributed by atoms with Crippen molar-refractivity contribution >= 4 is 11.7 Å². The SMILES string of the molecule is COc1cc(OC)c(NC(=O)N(CCc2ccccc2C)[C@H]2CC[C@H](c3ccccc3)CC2)c(OC)c1. The number of methoxy groups -OCH3 is 3. The summed E-state index contributed by atoms with van der Waals surface area (Å²) in [6, 6.07) is 22.6. The molecule has 1 saturated carbocycles. The van der Waals surface area contributed by atoms with Crippen LogP contribution in [0.3, 0.4) is 0 Å². The molecule has 0 saturated heterocycles. The number of carbonyl (C=O) groups excluding carboxylic acids is 1. The lowest BCUT2D eigenvalue weighted by Crippen LogP contribution is -2.45. The molecule has 37 heavy (non-hydrogen) atoms. The molecule has 1 fully saturated rings. The van der Waals surface area contributed by atoms with Gasteiger partial charge in [-0.1, -0.05) is 54.6 Å². The van der Waals surface area contributed by atoms with Gasteiger partial charge in [-0.2, -0.15) is 0 Å². The van der Waals surface area contributed by atoms with E-state index in [1.165, 1.54) is 16.7 Å². The van der Waals surface area contributed by atoms with Crippen LogP contribution >= 0.6 is 0 Å². The summed E-state index contributed by atoms with van der Waals surface area (Å²) in [5.74, 6) is 2.13. The lowest BCUT2D eigenvalue weighted by molar-refractivity contribution is 0.163. The fourth-order valence-corrected chi connectivity index (χ4v) is 5.34. The predicted molar refractivity (Wildman–Crippen MR) is 148 cm³/mol. The maximum absolute atomic E-state index is 13.8. The number of nitrogens with zero attached hydrogens (tertiary/aromatic N) is 1. The molecule has 0 radical (unpaired) electrons. The molecule has 1 N–H and O–H groups in total. The molecule has 0 aromatic heterocycles. The van der Waals surface area contributed by atoms with Gasteiger partial charge in [-0.25, -0.2) is 4.79 Å². The molecule has 0 heterocycles. The maximum Gasteiger partial charge on any atom is 0.322 e. The van der Waals surface area contributed by atoms with Crippen molar-refractivity contribution in [2.75, 3.05) is 33.2 Å². The van der Waals surface area contributed by atoms with Gasteiger partial charge in [0.2, 0.25) is 0 Å². The van der Waals surface area contributed by atoms with E-state index in [4.69, 9.17) is 14.2 Å². The summed E-state index contributed by atoms with van der Waals surface area (Å²) in [6.07, 6.45) is 4.88. The van der Waals surface area contributed by atoms with Gasteiger partial charge in [0.1, 0.15) is 22.9 Å². The van der Waals surface area contributed by atoms with Crippen LogP contribution in [0.15, 0.2) is 66.7 Å². The molecule has 0 spiro atoms. The van der Waals surface area contributed by atoms with Crippen molar-refractivity contribution in [3.8, 4) is 17.2 Å². The molecule has 4 rings (SSSR count). The van der Waals surface area contributed by atoms with Gasteiger partial charge in [0.25, 0.3) is 0 Å². The Bertz CT molecular complexity index is 1150. The van der Waals surface area contributed by atoms with Gasteiger partial charge in [0.05, 0.1) is 21.3 Å². The summed E-state index contributed by atoms with van der Waals surface area (Å²) < 4.78 is 16.5. The van der Waals surface area contributed by atoms with E-state index in [1.54, 1.807) is 33.5 Å². The van der Waals surface area contributed by atoms with E-state index in [1.807, 2.05) is 4.90 Å². The highest BCUT2D eigenvalue weighted by atomic mass is 16.5. The molecule has 3 aromatic rings. The zero-order valence-corrected chi connectivity index (χ0v) is 22.3. The fourth-order valence-electron chi connectivity index (χ4n) is 5.34. The molecule has 6 heteroatoms. The highest BCUT2D eigenvalue weighted by Gasteiger charge is 2.30. The minimum atomic E-state index is -0.140. The third-order valence-corrected chi connectivity index (χ3v) is 7.50. The van der Waals surface area contributed by atoms with Crippen molar-refractivity contribution in [1.82, 2.24) is 4.90 Å². The second-order valence-corrected chi connectivity index (χ2v) is 9.62. The smallest absolute Gasteiger partial charge is 0.322 e. The molecule has 0 bridgehead atoms. The molecule has 2 amide bonds. The van der Waals surface area contributed by atoms with Crippen molar-refractivity contribution in [1.29, 1.82) is 0 Å². The van der Waals surface area contributed by atoms with Crippen LogP contribution in [0.2, 0.25) is 0 Å². The molecule has 196 valence electrons. The first-order valence-electron chi connectivity index (χ1n) is 13.0. The predicted octanol–water partition coefficient (Wildman–Crippen LogP) is 6.82. The molecular formula is C31H38N2O4. The summed E-state index contributed by atoms with van der Waals surface area (Å²) in [7, 11) is 4.74. The Labute approximate surface area is 220 Å². The topological polar surface area (TPSA) is 60.0 Å². The Morgan fingerprint density at radius 2 is 1.49 bits per heavy atom. The third kappa shape index (κ3) is 6.37. The molecule has 0 aliphatic heterocycles. The lowest BCUT2D eigenvalue weighted by Gasteiger charge is -2.37. The largest absolute Gasteiger partial charge is 0.496 e. The van der Waals surface area contributed by atoms with Gasteiger partial charge in [-0.3, -0.25) is 0 Å². The van der Waals surface area contributed by atoms with Crippen molar-refractivity contribution in [3.63, 3.8) is 0 Å². The van der Waals surface area contributed by atoms with E-state index in [-0.39, 0.29) is 12.1 Å². The molecule has 0 unspecified atom stereocenters. The van der Waals surface area contributed by atoms with E-state index < -0.39 is 0 Å². The van der Waals surface area contributed by atoms with Crippen molar-refractivity contribution < 1.29 is 19.0 Å². The van der Waals surface area contributed by atoms with Gasteiger partial charge >= 0.3 is 6.03 Å². The first-order valence-corrected chi connectivity index (χ1v) is 13.0. The number of hydrogen-bond donors (Lipinski definition) is 1. The van der Waals surface area contributed by atoms with Gasteiger partial charge in [-0.05, 0) is 61.6 Å². The molecular weight excluding hydrogens is 464 g/mol. The number of anilines is 1. The molecule has 3 aromatic carbocycles. The number of nitrogens with one attached hydrogen (secondary N) is 1. The molecule has 1 aliphatic rings. The van der Waals surface area contributed by atoms with Crippen LogP contribution in [0.25, 0.3) is 0 Å². The van der Waals surface area contributed by atoms with Gasteiger partial charge in [0, 0.05) is 24.7 Å². The van der Waals surface area contributed by atoms with E-state index in [0.29, 0.717) is 35.4 Å². The molecule has 1 aliphatic carbocycles. The van der Waals surface area contributed by atoms with E-state index >= 15 is 0 Å². The maximum atomic E-state index is 13.8. The highest BCUT2D eigenvalue weighted by Crippen LogP contribution is 2.40. The summed E-state index contributed by atoms with van der Waals surface area (Å²) >= 11 is 0. The number of carbonyl (C=O) groups is 1. The molecule has 6 nitrogen and oxygen atoms in total. The summed E-state index contributed by atoms with van der Waals surface area (Å²) in [4.78, 5) is 15.8. The number of benzene rings is 3. The number of urea groups is 1. The summed E-state index contributed by atoms with van der Waals surface area (Å²) in [5.41, 5.74) is 4.41.